The molecule has 4 rings (SSSR count). The van der Waals surface area contributed by atoms with Gasteiger partial charge in [0.05, 0.1) is 5.92 Å². The number of hydrogen-bond acceptors (Lipinski definition) is 5. The van der Waals surface area contributed by atoms with Gasteiger partial charge in [-0.1, -0.05) is 29.6 Å². The smallest absolute Gasteiger partial charge is 0.253 e. The summed E-state index contributed by atoms with van der Waals surface area (Å²) in [6.07, 6.45) is 5.19. The Morgan fingerprint density at radius 3 is 2.59 bits per heavy atom. The summed E-state index contributed by atoms with van der Waals surface area (Å²) in [6, 6.07) is 6.86. The molecule has 1 N–H and O–H groups in total. The fraction of sp³-hybridized carbons (Fsp3) is 0.524. The third kappa shape index (κ3) is 4.15. The van der Waals surface area contributed by atoms with Crippen LogP contribution in [0, 0.1) is 12.8 Å². The van der Waals surface area contributed by atoms with Gasteiger partial charge in [0.1, 0.15) is 5.54 Å². The van der Waals surface area contributed by atoms with Crippen LogP contribution in [0.4, 0.5) is 0 Å². The van der Waals surface area contributed by atoms with Crippen molar-refractivity contribution in [3.05, 3.63) is 46.6 Å². The minimum absolute atomic E-state index is 0.0389. The molecule has 1 aromatic heterocycles. The summed E-state index contributed by atoms with van der Waals surface area (Å²) >= 11 is 5.92. The molecule has 1 aromatic carbocycles. The predicted octanol–water partition coefficient (Wildman–Crippen LogP) is 3.47. The van der Waals surface area contributed by atoms with Crippen LogP contribution in [0.3, 0.4) is 0 Å². The van der Waals surface area contributed by atoms with Gasteiger partial charge in [-0.3, -0.25) is 9.59 Å². The van der Waals surface area contributed by atoms with E-state index >= 15 is 0 Å². The average Bonchev–Trinajstić information content (AvgIpc) is 3.38. The number of aromatic nitrogens is 2. The lowest BCUT2D eigenvalue weighted by atomic mass is 9.92. The molecule has 1 atom stereocenters. The summed E-state index contributed by atoms with van der Waals surface area (Å²) in [7, 11) is 0. The fourth-order valence-corrected chi connectivity index (χ4v) is 4.49. The van der Waals surface area contributed by atoms with Gasteiger partial charge in [0, 0.05) is 30.6 Å². The zero-order valence-electron chi connectivity index (χ0n) is 16.5. The first-order chi connectivity index (χ1) is 14.0. The SMILES string of the molecule is Cc1nc(C2(NC(=O)C3CCCN(C(=O)c4ccc(Cl)cc4)C3)CCCC2)no1. The molecule has 1 saturated heterocycles. The number of nitrogens with one attached hydrogen (secondary N) is 1. The van der Waals surface area contributed by atoms with Crippen molar-refractivity contribution in [2.24, 2.45) is 5.92 Å². The average molecular weight is 417 g/mol. The molecule has 154 valence electrons. The van der Waals surface area contributed by atoms with E-state index in [0.29, 0.717) is 35.4 Å². The first-order valence-corrected chi connectivity index (χ1v) is 10.5. The molecule has 7 nitrogen and oxygen atoms in total. The highest BCUT2D eigenvalue weighted by Crippen LogP contribution is 2.38. The Morgan fingerprint density at radius 1 is 1.21 bits per heavy atom. The normalized spacial score (nSPS) is 21.2. The van der Waals surface area contributed by atoms with Crippen molar-refractivity contribution in [3.8, 4) is 0 Å². The van der Waals surface area contributed by atoms with Crippen molar-refractivity contribution in [2.45, 2.75) is 51.0 Å². The molecule has 2 aliphatic rings. The number of benzene rings is 1. The molecule has 0 radical (unpaired) electrons. The molecule has 1 aliphatic heterocycles. The van der Waals surface area contributed by atoms with Gasteiger partial charge in [0.25, 0.3) is 5.91 Å². The zero-order valence-corrected chi connectivity index (χ0v) is 17.2. The third-order valence-electron chi connectivity index (χ3n) is 5.95. The van der Waals surface area contributed by atoms with Gasteiger partial charge in [-0.05, 0) is 49.9 Å². The standard InChI is InChI=1S/C21H25ClN4O3/c1-14-23-20(25-29-14)21(10-2-3-11-21)24-18(27)16-5-4-12-26(13-16)19(28)15-6-8-17(22)9-7-15/h6-9,16H,2-5,10-13H2,1H3,(H,24,27). The second-order valence-corrected chi connectivity index (χ2v) is 8.45. The van der Waals surface area contributed by atoms with Gasteiger partial charge in [-0.2, -0.15) is 4.98 Å². The van der Waals surface area contributed by atoms with E-state index in [1.165, 1.54) is 0 Å². The predicted molar refractivity (Wildman–Crippen MR) is 107 cm³/mol. The first kappa shape index (κ1) is 19.9. The number of amides is 2. The lowest BCUT2D eigenvalue weighted by Crippen LogP contribution is -2.51. The molecule has 1 saturated carbocycles. The molecule has 2 fully saturated rings. The van der Waals surface area contributed by atoms with Gasteiger partial charge in [0.2, 0.25) is 11.8 Å². The van der Waals surface area contributed by atoms with Gasteiger partial charge in [-0.15, -0.1) is 0 Å². The molecule has 2 heterocycles. The fourth-order valence-electron chi connectivity index (χ4n) is 4.37. The van der Waals surface area contributed by atoms with Crippen molar-refractivity contribution in [2.75, 3.05) is 13.1 Å². The Kier molecular flexibility index (Phi) is 5.58. The number of rotatable bonds is 4. The van der Waals surface area contributed by atoms with E-state index in [-0.39, 0.29) is 17.7 Å². The van der Waals surface area contributed by atoms with Crippen LogP contribution in [0.2, 0.25) is 5.02 Å². The number of carbonyl (C=O) groups excluding carboxylic acids is 2. The quantitative estimate of drug-likeness (QED) is 0.824. The van der Waals surface area contributed by atoms with E-state index in [2.05, 4.69) is 15.5 Å². The Morgan fingerprint density at radius 2 is 1.93 bits per heavy atom. The monoisotopic (exact) mass is 416 g/mol. The maximum absolute atomic E-state index is 13.1. The zero-order chi connectivity index (χ0) is 20.4. The number of carbonyl (C=O) groups is 2. The van der Waals surface area contributed by atoms with E-state index in [1.807, 2.05) is 0 Å². The van der Waals surface area contributed by atoms with Gasteiger partial charge in [0.15, 0.2) is 5.82 Å². The Hall–Kier alpha value is -2.41. The summed E-state index contributed by atoms with van der Waals surface area (Å²) < 4.78 is 5.16. The summed E-state index contributed by atoms with van der Waals surface area (Å²) in [6.45, 7) is 2.82. The van der Waals surface area contributed by atoms with Crippen molar-refractivity contribution in [3.63, 3.8) is 0 Å². The van der Waals surface area contributed by atoms with Crippen molar-refractivity contribution in [1.29, 1.82) is 0 Å². The Balaban J connectivity index is 1.45. The first-order valence-electron chi connectivity index (χ1n) is 10.1. The molecule has 1 unspecified atom stereocenters. The van der Waals surface area contributed by atoms with Gasteiger partial charge >= 0.3 is 0 Å². The molecular weight excluding hydrogens is 392 g/mol. The summed E-state index contributed by atoms with van der Waals surface area (Å²) in [5.74, 6) is 0.709. The maximum Gasteiger partial charge on any atom is 0.253 e. The lowest BCUT2D eigenvalue weighted by molar-refractivity contribution is -0.128. The highest BCUT2D eigenvalue weighted by molar-refractivity contribution is 6.30. The van der Waals surface area contributed by atoms with Crippen LogP contribution in [0.15, 0.2) is 28.8 Å². The second-order valence-electron chi connectivity index (χ2n) is 8.01. The van der Waals surface area contributed by atoms with Crippen LogP contribution in [0.5, 0.6) is 0 Å². The Labute approximate surface area is 174 Å². The molecule has 2 aromatic rings. The topological polar surface area (TPSA) is 88.3 Å². The largest absolute Gasteiger partial charge is 0.343 e. The molecule has 0 spiro atoms. The summed E-state index contributed by atoms with van der Waals surface area (Å²) in [5.41, 5.74) is 0.0297. The number of likely N-dealkylation sites (tertiary alicyclic amines) is 1. The number of hydrogen-bond donors (Lipinski definition) is 1. The molecule has 8 heteroatoms. The van der Waals surface area contributed by atoms with E-state index in [0.717, 1.165) is 38.5 Å². The summed E-state index contributed by atoms with van der Waals surface area (Å²) in [4.78, 5) is 32.1. The number of nitrogens with zero attached hydrogens (tertiary/aromatic N) is 3. The summed E-state index contributed by atoms with van der Waals surface area (Å²) in [5, 5.41) is 7.89. The van der Waals surface area contributed by atoms with E-state index in [9.17, 15) is 9.59 Å². The highest BCUT2D eigenvalue weighted by Gasteiger charge is 2.43. The van der Waals surface area contributed by atoms with E-state index < -0.39 is 5.54 Å². The van der Waals surface area contributed by atoms with Crippen LogP contribution in [0.25, 0.3) is 0 Å². The van der Waals surface area contributed by atoms with Crippen molar-refractivity contribution >= 4 is 23.4 Å². The molecule has 2 amide bonds. The number of piperidine rings is 1. The minimum Gasteiger partial charge on any atom is -0.343 e. The van der Waals surface area contributed by atoms with Gasteiger partial charge in [-0.25, -0.2) is 0 Å². The van der Waals surface area contributed by atoms with Gasteiger partial charge < -0.3 is 14.7 Å². The van der Waals surface area contributed by atoms with Crippen LogP contribution in [-0.4, -0.2) is 39.9 Å². The number of aryl methyl sites for hydroxylation is 1. The second kappa shape index (κ2) is 8.14. The third-order valence-corrected chi connectivity index (χ3v) is 6.20. The molecular formula is C21H25ClN4O3. The molecule has 1 aliphatic carbocycles. The molecule has 29 heavy (non-hydrogen) atoms. The highest BCUT2D eigenvalue weighted by atomic mass is 35.5. The van der Waals surface area contributed by atoms with Crippen molar-refractivity contribution < 1.29 is 14.1 Å². The van der Waals surface area contributed by atoms with Crippen LogP contribution >= 0.6 is 11.6 Å². The maximum atomic E-state index is 13.1. The Bertz CT molecular complexity index is 890. The lowest BCUT2D eigenvalue weighted by Gasteiger charge is -2.35. The van der Waals surface area contributed by atoms with E-state index in [1.54, 1.807) is 36.1 Å². The van der Waals surface area contributed by atoms with Crippen LogP contribution in [0.1, 0.15) is 60.6 Å². The van der Waals surface area contributed by atoms with E-state index in [4.69, 9.17) is 16.1 Å². The minimum atomic E-state index is -0.558. The van der Waals surface area contributed by atoms with Crippen LogP contribution < -0.4 is 5.32 Å². The van der Waals surface area contributed by atoms with Crippen molar-refractivity contribution in [1.82, 2.24) is 20.4 Å². The van der Waals surface area contributed by atoms with Crippen LogP contribution in [-0.2, 0) is 10.3 Å². The number of halogens is 1. The molecule has 0 bridgehead atoms.